The largest absolute Gasteiger partial charge is 0.462 e. The van der Waals surface area contributed by atoms with E-state index >= 15 is 0 Å². The molecule has 1 atom stereocenters. The highest BCUT2D eigenvalue weighted by Crippen LogP contribution is 2.14. The van der Waals surface area contributed by atoms with E-state index in [1.54, 1.807) is 0 Å². The predicted octanol–water partition coefficient (Wildman–Crippen LogP) is 19.4. The van der Waals surface area contributed by atoms with Crippen LogP contribution in [0.4, 0.5) is 0 Å². The molecule has 0 radical (unpaired) electrons. The maximum atomic E-state index is 12.7. The highest BCUT2D eigenvalue weighted by molar-refractivity contribution is 5.71. The van der Waals surface area contributed by atoms with Crippen LogP contribution in [0, 0.1) is 0 Å². The van der Waals surface area contributed by atoms with Gasteiger partial charge in [0, 0.05) is 19.3 Å². The number of carbonyl (C=O) groups excluding carboxylic acids is 3. The molecule has 6 heteroatoms. The van der Waals surface area contributed by atoms with Crippen LogP contribution >= 0.6 is 0 Å². The zero-order chi connectivity index (χ0) is 51.4. The summed E-state index contributed by atoms with van der Waals surface area (Å²) in [5.41, 5.74) is 0. The number of unbranched alkanes of at least 4 members (excludes halogenated alkanes) is 17. The molecule has 0 aromatic heterocycles. The Morgan fingerprint density at radius 1 is 0.296 bits per heavy atom. The van der Waals surface area contributed by atoms with Crippen molar-refractivity contribution in [3.63, 3.8) is 0 Å². The molecule has 0 aromatic carbocycles. The van der Waals surface area contributed by atoms with E-state index in [2.05, 4.69) is 154 Å². The maximum absolute atomic E-state index is 12.7. The zero-order valence-electron chi connectivity index (χ0n) is 45.7. The minimum Gasteiger partial charge on any atom is -0.462 e. The Kier molecular flexibility index (Phi) is 54.5. The quantitative estimate of drug-likeness (QED) is 0.0262. The Balaban J connectivity index is 4.10. The van der Waals surface area contributed by atoms with E-state index in [1.165, 1.54) is 32.1 Å². The van der Waals surface area contributed by atoms with E-state index in [0.717, 1.165) is 167 Å². The topological polar surface area (TPSA) is 78.9 Å². The summed E-state index contributed by atoms with van der Waals surface area (Å²) in [5.74, 6) is -0.937. The van der Waals surface area contributed by atoms with E-state index in [0.29, 0.717) is 19.3 Å². The summed E-state index contributed by atoms with van der Waals surface area (Å²) in [6.45, 7) is 6.29. The van der Waals surface area contributed by atoms with Crippen LogP contribution in [0.15, 0.2) is 134 Å². The maximum Gasteiger partial charge on any atom is 0.306 e. The number of carbonyl (C=O) groups is 3. The van der Waals surface area contributed by atoms with Gasteiger partial charge in [0.05, 0.1) is 0 Å². The summed E-state index contributed by atoms with van der Waals surface area (Å²) in [7, 11) is 0. The molecule has 1 unspecified atom stereocenters. The molecule has 0 aromatic rings. The molecule has 0 heterocycles. The lowest BCUT2D eigenvalue weighted by molar-refractivity contribution is -0.167. The van der Waals surface area contributed by atoms with Gasteiger partial charge in [-0.1, -0.05) is 238 Å². The normalized spacial score (nSPS) is 13.1. The summed E-state index contributed by atoms with van der Waals surface area (Å²) in [4.78, 5) is 37.7. The molecule has 0 fully saturated rings. The molecule has 71 heavy (non-hydrogen) atoms. The molecule has 0 N–H and O–H groups in total. The van der Waals surface area contributed by atoms with Gasteiger partial charge in [-0.2, -0.15) is 0 Å². The molecular formula is C65H104O6. The lowest BCUT2D eigenvalue weighted by Crippen LogP contribution is -2.30. The summed E-state index contributed by atoms with van der Waals surface area (Å²) in [5, 5.41) is 0. The first-order valence-corrected chi connectivity index (χ1v) is 28.7. The van der Waals surface area contributed by atoms with Crippen molar-refractivity contribution in [2.75, 3.05) is 13.2 Å². The molecule has 0 bridgehead atoms. The lowest BCUT2D eigenvalue weighted by Gasteiger charge is -2.18. The van der Waals surface area contributed by atoms with Crippen LogP contribution in [0.3, 0.4) is 0 Å². The van der Waals surface area contributed by atoms with Crippen molar-refractivity contribution in [1.29, 1.82) is 0 Å². The molecule has 0 amide bonds. The third-order valence-electron chi connectivity index (χ3n) is 11.7. The Hall–Kier alpha value is -4.45. The number of rotatable bonds is 50. The van der Waals surface area contributed by atoms with Gasteiger partial charge >= 0.3 is 17.9 Å². The van der Waals surface area contributed by atoms with Crippen molar-refractivity contribution in [3.8, 4) is 0 Å². The number of allylic oxidation sites excluding steroid dienone is 22. The van der Waals surface area contributed by atoms with Gasteiger partial charge in [-0.3, -0.25) is 14.4 Å². The van der Waals surface area contributed by atoms with Crippen molar-refractivity contribution in [1.82, 2.24) is 0 Å². The SMILES string of the molecule is CC/C=C\C/C=C\C/C=C\C/C=C\C/C=C\C/C=C\C/C=C\C/C=C\CCCCCCCCCCC(=O)OCC(COC(=O)CCCCCCC)OC(=O)CCCCCCC/C=C\C/C=C\C/C=C\CC. The highest BCUT2D eigenvalue weighted by atomic mass is 16.6. The lowest BCUT2D eigenvalue weighted by atomic mass is 10.1. The molecule has 0 spiro atoms. The van der Waals surface area contributed by atoms with Crippen molar-refractivity contribution >= 4 is 17.9 Å². The van der Waals surface area contributed by atoms with Gasteiger partial charge in [-0.05, 0) is 116 Å². The van der Waals surface area contributed by atoms with E-state index in [4.69, 9.17) is 14.2 Å². The van der Waals surface area contributed by atoms with Gasteiger partial charge in [-0.15, -0.1) is 0 Å². The minimum absolute atomic E-state index is 0.0913. The second kappa shape index (κ2) is 58.1. The Morgan fingerprint density at radius 3 is 0.859 bits per heavy atom. The smallest absolute Gasteiger partial charge is 0.306 e. The molecule has 0 aliphatic heterocycles. The van der Waals surface area contributed by atoms with Crippen molar-refractivity contribution in [2.45, 2.75) is 245 Å². The van der Waals surface area contributed by atoms with Gasteiger partial charge < -0.3 is 14.2 Å². The number of esters is 3. The third kappa shape index (κ3) is 56.3. The number of hydrogen-bond donors (Lipinski definition) is 0. The minimum atomic E-state index is -0.790. The average Bonchev–Trinajstić information content (AvgIpc) is 3.37. The molecule has 0 rings (SSSR count). The Morgan fingerprint density at radius 2 is 0.549 bits per heavy atom. The fraction of sp³-hybridized carbons (Fsp3) is 0.615. The first-order valence-electron chi connectivity index (χ1n) is 28.7. The summed E-state index contributed by atoms with van der Waals surface area (Å²) in [6, 6.07) is 0. The van der Waals surface area contributed by atoms with Gasteiger partial charge in [0.25, 0.3) is 0 Å². The zero-order valence-corrected chi connectivity index (χ0v) is 45.7. The van der Waals surface area contributed by atoms with E-state index in [1.807, 2.05) is 0 Å². The fourth-order valence-corrected chi connectivity index (χ4v) is 7.41. The van der Waals surface area contributed by atoms with Crippen molar-refractivity contribution in [3.05, 3.63) is 134 Å². The highest BCUT2D eigenvalue weighted by Gasteiger charge is 2.19. The van der Waals surface area contributed by atoms with Crippen molar-refractivity contribution < 1.29 is 28.6 Å². The molecule has 400 valence electrons. The summed E-state index contributed by atoms with van der Waals surface area (Å²) in [6.07, 6.45) is 82.1. The predicted molar refractivity (Wildman–Crippen MR) is 306 cm³/mol. The molecular weight excluding hydrogens is 877 g/mol. The third-order valence-corrected chi connectivity index (χ3v) is 11.7. The van der Waals surface area contributed by atoms with Crippen LogP contribution < -0.4 is 0 Å². The molecule has 6 nitrogen and oxygen atoms in total. The summed E-state index contributed by atoms with van der Waals surface area (Å²) < 4.78 is 16.7. The van der Waals surface area contributed by atoms with E-state index < -0.39 is 6.10 Å². The number of hydrogen-bond acceptors (Lipinski definition) is 6. The fourth-order valence-electron chi connectivity index (χ4n) is 7.41. The monoisotopic (exact) mass is 981 g/mol. The first kappa shape index (κ1) is 66.6. The standard InChI is InChI=1S/C65H104O6/c1-4-7-10-13-15-17-19-21-23-24-25-26-27-28-29-30-31-32-33-34-35-36-37-38-39-40-42-43-45-47-49-52-55-58-64(67)70-61-62(60-69-63(66)57-54-51-12-9-6-3)71-65(68)59-56-53-50-48-46-44-41-22-20-18-16-14-11-8-5-2/h7-8,10-11,15-18,21-23,25-26,28-29,31-32,34-35,37-38,41,62H,4-6,9,12-14,19-20,24,27,30,33,36,39-40,42-61H2,1-3H3/b10-7-,11-8-,17-15-,18-16-,23-21-,26-25-,29-28-,32-31-,35-34-,38-37-,41-22-. The second-order valence-electron chi connectivity index (χ2n) is 18.4. The van der Waals surface area contributed by atoms with Crippen molar-refractivity contribution in [2.24, 2.45) is 0 Å². The van der Waals surface area contributed by atoms with Crippen LogP contribution in [-0.2, 0) is 28.6 Å². The van der Waals surface area contributed by atoms with Gasteiger partial charge in [-0.25, -0.2) is 0 Å². The molecule has 0 saturated carbocycles. The van der Waals surface area contributed by atoms with Crippen LogP contribution in [-0.4, -0.2) is 37.2 Å². The first-order chi connectivity index (χ1) is 35.0. The van der Waals surface area contributed by atoms with Gasteiger partial charge in [0.15, 0.2) is 6.10 Å². The second-order valence-corrected chi connectivity index (χ2v) is 18.4. The van der Waals surface area contributed by atoms with E-state index in [9.17, 15) is 14.4 Å². The molecule has 0 aliphatic carbocycles. The Labute approximate surface area is 436 Å². The number of ether oxygens (including phenoxy) is 3. The Bertz CT molecular complexity index is 1550. The van der Waals surface area contributed by atoms with Gasteiger partial charge in [0.1, 0.15) is 13.2 Å². The van der Waals surface area contributed by atoms with Crippen LogP contribution in [0.1, 0.15) is 239 Å². The van der Waals surface area contributed by atoms with Gasteiger partial charge in [0.2, 0.25) is 0 Å². The van der Waals surface area contributed by atoms with Crippen LogP contribution in [0.2, 0.25) is 0 Å². The average molecular weight is 982 g/mol. The molecule has 0 aliphatic rings. The van der Waals surface area contributed by atoms with Crippen LogP contribution in [0.5, 0.6) is 0 Å². The van der Waals surface area contributed by atoms with Crippen LogP contribution in [0.25, 0.3) is 0 Å². The summed E-state index contributed by atoms with van der Waals surface area (Å²) >= 11 is 0. The van der Waals surface area contributed by atoms with E-state index in [-0.39, 0.29) is 31.1 Å². The molecule has 0 saturated heterocycles.